The Labute approximate surface area is 152 Å². The lowest BCUT2D eigenvalue weighted by Gasteiger charge is -2.03. The zero-order valence-electron chi connectivity index (χ0n) is 14.7. The number of nitrogens with zero attached hydrogens (tertiary/aromatic N) is 1. The monoisotopic (exact) mass is 337 g/mol. The molecule has 0 atom stereocenters. The van der Waals surface area contributed by atoms with Gasteiger partial charge in [-0.15, -0.1) is 0 Å². The summed E-state index contributed by atoms with van der Waals surface area (Å²) < 4.78 is 2.35. The van der Waals surface area contributed by atoms with E-state index in [1.807, 2.05) is 24.3 Å². The lowest BCUT2D eigenvalue weighted by Crippen LogP contribution is -1.95. The molecular weight excluding hydrogens is 318 g/mol. The minimum Gasteiger partial charge on any atom is -0.341 e. The van der Waals surface area contributed by atoms with Gasteiger partial charge in [-0.2, -0.15) is 0 Å². The average Bonchev–Trinajstić information content (AvgIpc) is 3.17. The molecule has 126 valence electrons. The molecule has 4 aromatic rings. The maximum absolute atomic E-state index is 12.7. The van der Waals surface area contributed by atoms with Crippen molar-refractivity contribution in [2.75, 3.05) is 0 Å². The first kappa shape index (κ1) is 15.2. The molecule has 0 amide bonds. The molecule has 0 saturated heterocycles. The second-order valence-corrected chi connectivity index (χ2v) is 6.87. The highest BCUT2D eigenvalue weighted by Gasteiger charge is 2.23. The van der Waals surface area contributed by atoms with Gasteiger partial charge in [0.05, 0.1) is 0 Å². The van der Waals surface area contributed by atoms with E-state index in [0.717, 1.165) is 35.2 Å². The molecule has 1 heterocycles. The molecule has 2 heteroatoms. The Morgan fingerprint density at radius 2 is 1.69 bits per heavy atom. The number of fused-ring (bicyclic) bond motifs is 4. The fourth-order valence-corrected chi connectivity index (χ4v) is 4.17. The van der Waals surface area contributed by atoms with Crippen LogP contribution in [-0.4, -0.2) is 10.4 Å². The number of carbonyl (C=O) groups excluding carboxylic acids is 1. The van der Waals surface area contributed by atoms with Crippen molar-refractivity contribution in [3.63, 3.8) is 0 Å². The minimum atomic E-state index is 0.164. The number of hydrogen-bond donors (Lipinski definition) is 0. The highest BCUT2D eigenvalue weighted by Crippen LogP contribution is 2.32. The SMILES string of the molecule is CCn1c2ccccc2c2cc(/C=C3/Cc4ccccc4C3=O)ccc21. The number of Topliss-reactive ketones (excluding diaryl/α,β-unsaturated/α-hetero) is 1. The van der Waals surface area contributed by atoms with Crippen LogP contribution in [0.3, 0.4) is 0 Å². The maximum atomic E-state index is 12.7. The summed E-state index contributed by atoms with van der Waals surface area (Å²) >= 11 is 0. The Morgan fingerprint density at radius 3 is 2.54 bits per heavy atom. The molecule has 1 aromatic heterocycles. The quantitative estimate of drug-likeness (QED) is 0.434. The van der Waals surface area contributed by atoms with Crippen LogP contribution in [0, 0.1) is 0 Å². The largest absolute Gasteiger partial charge is 0.341 e. The van der Waals surface area contributed by atoms with Crippen LogP contribution in [0.2, 0.25) is 0 Å². The van der Waals surface area contributed by atoms with E-state index in [-0.39, 0.29) is 5.78 Å². The van der Waals surface area contributed by atoms with Crippen molar-refractivity contribution in [2.24, 2.45) is 0 Å². The third kappa shape index (κ3) is 2.15. The molecule has 3 aromatic carbocycles. The van der Waals surface area contributed by atoms with Crippen LogP contribution >= 0.6 is 0 Å². The molecule has 0 spiro atoms. The minimum absolute atomic E-state index is 0.164. The van der Waals surface area contributed by atoms with Crippen molar-refractivity contribution in [2.45, 2.75) is 19.9 Å². The Morgan fingerprint density at radius 1 is 0.923 bits per heavy atom. The summed E-state index contributed by atoms with van der Waals surface area (Å²) in [5.74, 6) is 0.164. The van der Waals surface area contributed by atoms with E-state index in [2.05, 4.69) is 60.0 Å². The van der Waals surface area contributed by atoms with Crippen molar-refractivity contribution in [1.29, 1.82) is 0 Å². The topological polar surface area (TPSA) is 22.0 Å². The Hall–Kier alpha value is -3.13. The van der Waals surface area contributed by atoms with Crippen LogP contribution in [0.5, 0.6) is 0 Å². The molecule has 0 bridgehead atoms. The van der Waals surface area contributed by atoms with Gasteiger partial charge in [0.2, 0.25) is 0 Å². The van der Waals surface area contributed by atoms with Gasteiger partial charge in [0.1, 0.15) is 0 Å². The number of benzene rings is 3. The highest BCUT2D eigenvalue weighted by atomic mass is 16.1. The van der Waals surface area contributed by atoms with Gasteiger partial charge in [-0.25, -0.2) is 0 Å². The molecule has 0 fully saturated rings. The normalized spacial score (nSPS) is 15.3. The number of ketones is 1. The molecule has 0 N–H and O–H groups in total. The smallest absolute Gasteiger partial charge is 0.189 e. The van der Waals surface area contributed by atoms with Gasteiger partial charge in [0, 0.05) is 45.9 Å². The van der Waals surface area contributed by atoms with Crippen LogP contribution in [0.4, 0.5) is 0 Å². The third-order valence-corrected chi connectivity index (χ3v) is 5.39. The number of allylic oxidation sites excluding steroid dienone is 1. The molecule has 1 aliphatic rings. The molecule has 5 rings (SSSR count). The lowest BCUT2D eigenvalue weighted by molar-refractivity contribution is 0.104. The molecule has 26 heavy (non-hydrogen) atoms. The van der Waals surface area contributed by atoms with Crippen molar-refractivity contribution < 1.29 is 4.79 Å². The van der Waals surface area contributed by atoms with Gasteiger partial charge < -0.3 is 4.57 Å². The molecular formula is C24H19NO. The predicted molar refractivity (Wildman–Crippen MR) is 108 cm³/mol. The van der Waals surface area contributed by atoms with E-state index in [1.54, 1.807) is 0 Å². The van der Waals surface area contributed by atoms with Gasteiger partial charge in [0.25, 0.3) is 0 Å². The number of carbonyl (C=O) groups is 1. The van der Waals surface area contributed by atoms with E-state index in [9.17, 15) is 4.79 Å². The van der Waals surface area contributed by atoms with Crippen molar-refractivity contribution in [3.05, 3.63) is 89.0 Å². The van der Waals surface area contributed by atoms with Gasteiger partial charge in [-0.1, -0.05) is 48.5 Å². The first-order valence-electron chi connectivity index (χ1n) is 9.10. The summed E-state index contributed by atoms with van der Waals surface area (Å²) in [7, 11) is 0. The van der Waals surface area contributed by atoms with Crippen molar-refractivity contribution >= 4 is 33.7 Å². The maximum Gasteiger partial charge on any atom is 0.189 e. The summed E-state index contributed by atoms with van der Waals surface area (Å²) in [5, 5.41) is 2.52. The zero-order chi connectivity index (χ0) is 17.7. The van der Waals surface area contributed by atoms with Crippen LogP contribution in [0.1, 0.15) is 28.4 Å². The fourth-order valence-electron chi connectivity index (χ4n) is 4.17. The van der Waals surface area contributed by atoms with Crippen LogP contribution in [0.25, 0.3) is 27.9 Å². The van der Waals surface area contributed by atoms with Gasteiger partial charge in [-0.3, -0.25) is 4.79 Å². The summed E-state index contributed by atoms with van der Waals surface area (Å²) in [5.41, 5.74) is 6.46. The first-order chi connectivity index (χ1) is 12.8. The number of aryl methyl sites for hydroxylation is 1. The van der Waals surface area contributed by atoms with Crippen molar-refractivity contribution in [3.8, 4) is 0 Å². The van der Waals surface area contributed by atoms with Gasteiger partial charge >= 0.3 is 0 Å². The van der Waals surface area contributed by atoms with E-state index in [1.165, 1.54) is 21.8 Å². The second kappa shape index (κ2) is 5.70. The fraction of sp³-hybridized carbons (Fsp3) is 0.125. The number of para-hydroxylation sites is 1. The van der Waals surface area contributed by atoms with E-state index < -0.39 is 0 Å². The van der Waals surface area contributed by atoms with E-state index >= 15 is 0 Å². The average molecular weight is 337 g/mol. The summed E-state index contributed by atoms with van der Waals surface area (Å²) in [6, 6.07) is 23.0. The summed E-state index contributed by atoms with van der Waals surface area (Å²) in [4.78, 5) is 12.7. The summed E-state index contributed by atoms with van der Waals surface area (Å²) in [6.45, 7) is 3.12. The van der Waals surface area contributed by atoms with Crippen molar-refractivity contribution in [1.82, 2.24) is 4.57 Å². The van der Waals surface area contributed by atoms with Crippen LogP contribution in [-0.2, 0) is 13.0 Å². The van der Waals surface area contributed by atoms with Crippen LogP contribution < -0.4 is 0 Å². The van der Waals surface area contributed by atoms with Gasteiger partial charge in [0.15, 0.2) is 5.78 Å². The third-order valence-electron chi connectivity index (χ3n) is 5.39. The standard InChI is InChI=1S/C24H19NO/c1-2-25-22-10-6-5-9-20(22)21-14-16(11-12-23(21)25)13-18-15-17-7-3-4-8-19(17)24(18)26/h3-14H,2,15H2,1H3/b18-13-. The lowest BCUT2D eigenvalue weighted by atomic mass is 10.0. The Kier molecular flexibility index (Phi) is 3.32. The first-order valence-corrected chi connectivity index (χ1v) is 9.10. The number of hydrogen-bond acceptors (Lipinski definition) is 1. The molecule has 0 saturated carbocycles. The Bertz CT molecular complexity index is 1210. The van der Waals surface area contributed by atoms with E-state index in [0.29, 0.717) is 0 Å². The number of rotatable bonds is 2. The van der Waals surface area contributed by atoms with Gasteiger partial charge in [-0.05, 0) is 42.3 Å². The number of aromatic nitrogens is 1. The molecule has 2 nitrogen and oxygen atoms in total. The molecule has 1 aliphatic carbocycles. The Balaban J connectivity index is 1.65. The van der Waals surface area contributed by atoms with E-state index in [4.69, 9.17) is 0 Å². The van der Waals surface area contributed by atoms with Crippen LogP contribution in [0.15, 0.2) is 72.3 Å². The second-order valence-electron chi connectivity index (χ2n) is 6.87. The molecule has 0 aliphatic heterocycles. The zero-order valence-corrected chi connectivity index (χ0v) is 14.7. The summed E-state index contributed by atoms with van der Waals surface area (Å²) in [6.07, 6.45) is 2.78. The molecule has 0 unspecified atom stereocenters. The highest BCUT2D eigenvalue weighted by molar-refractivity contribution is 6.16. The molecule has 0 radical (unpaired) electrons. The predicted octanol–water partition coefficient (Wildman–Crippen LogP) is 5.64.